The zero-order valence-electron chi connectivity index (χ0n) is 16.5. The summed E-state index contributed by atoms with van der Waals surface area (Å²) in [6.07, 6.45) is 4.48. The van der Waals surface area contributed by atoms with Gasteiger partial charge in [0.2, 0.25) is 0 Å². The molecule has 1 aliphatic heterocycles. The molecule has 4 aliphatic rings. The number of rotatable bonds is 5. The van der Waals surface area contributed by atoms with Gasteiger partial charge >= 0.3 is 0 Å². The number of benzene rings is 1. The van der Waals surface area contributed by atoms with Gasteiger partial charge in [-0.15, -0.1) is 11.3 Å². The molecule has 1 saturated heterocycles. The zero-order valence-corrected chi connectivity index (χ0v) is 17.3. The average Bonchev–Trinajstić information content (AvgIpc) is 3.42. The van der Waals surface area contributed by atoms with Crippen LogP contribution in [0.4, 0.5) is 0 Å². The van der Waals surface area contributed by atoms with Gasteiger partial charge in [0.25, 0.3) is 0 Å². The fourth-order valence-electron chi connectivity index (χ4n) is 5.45. The molecule has 0 spiro atoms. The molecule has 5 nitrogen and oxygen atoms in total. The Kier molecular flexibility index (Phi) is 4.70. The molecule has 3 aliphatic carbocycles. The Bertz CT molecular complexity index is 842. The summed E-state index contributed by atoms with van der Waals surface area (Å²) in [7, 11) is 1.69. The van der Waals surface area contributed by atoms with Crippen LogP contribution < -0.4 is 4.74 Å². The van der Waals surface area contributed by atoms with E-state index >= 15 is 0 Å². The third kappa shape index (κ3) is 3.07. The average molecular weight is 401 g/mol. The molecule has 28 heavy (non-hydrogen) atoms. The lowest BCUT2D eigenvalue weighted by Crippen LogP contribution is -2.55. The van der Waals surface area contributed by atoms with Crippen LogP contribution in [-0.4, -0.2) is 47.5 Å². The second kappa shape index (κ2) is 7.10. The highest BCUT2D eigenvalue weighted by molar-refractivity contribution is 7.10. The molecule has 3 atom stereocenters. The number of aliphatic hydroxyl groups is 1. The van der Waals surface area contributed by atoms with Gasteiger partial charge in [-0.05, 0) is 50.7 Å². The maximum Gasteiger partial charge on any atom is 0.128 e. The normalized spacial score (nSPS) is 33.5. The smallest absolute Gasteiger partial charge is 0.128 e. The van der Waals surface area contributed by atoms with Gasteiger partial charge in [-0.25, -0.2) is 4.98 Å². The van der Waals surface area contributed by atoms with Crippen molar-refractivity contribution < 1.29 is 14.6 Å². The van der Waals surface area contributed by atoms with E-state index in [9.17, 15) is 5.11 Å². The van der Waals surface area contributed by atoms with Crippen molar-refractivity contribution in [2.45, 2.75) is 51.0 Å². The highest BCUT2D eigenvalue weighted by Crippen LogP contribution is 2.61. The van der Waals surface area contributed by atoms with Gasteiger partial charge in [0, 0.05) is 29.4 Å². The Labute approximate surface area is 170 Å². The van der Waals surface area contributed by atoms with Gasteiger partial charge in [-0.2, -0.15) is 0 Å². The van der Waals surface area contributed by atoms with Gasteiger partial charge in [-0.3, -0.25) is 4.90 Å². The minimum Gasteiger partial charge on any atom is -0.496 e. The van der Waals surface area contributed by atoms with Crippen molar-refractivity contribution in [1.29, 1.82) is 0 Å². The van der Waals surface area contributed by atoms with Crippen LogP contribution in [0.5, 0.6) is 5.75 Å². The number of para-hydroxylation sites is 1. The maximum absolute atomic E-state index is 11.1. The zero-order chi connectivity index (χ0) is 19.3. The van der Waals surface area contributed by atoms with E-state index in [-0.39, 0.29) is 23.9 Å². The molecule has 2 aromatic rings. The van der Waals surface area contributed by atoms with E-state index in [1.807, 2.05) is 24.3 Å². The number of thiazole rings is 1. The number of hydrogen-bond acceptors (Lipinski definition) is 6. The van der Waals surface area contributed by atoms with E-state index in [4.69, 9.17) is 14.5 Å². The van der Waals surface area contributed by atoms with Crippen molar-refractivity contribution in [2.24, 2.45) is 11.3 Å². The summed E-state index contributed by atoms with van der Waals surface area (Å²) in [5.74, 6) is 1.68. The van der Waals surface area contributed by atoms with Crippen molar-refractivity contribution in [3.05, 3.63) is 34.7 Å². The third-order valence-corrected chi connectivity index (χ3v) is 7.74. The molecule has 0 amide bonds. The molecule has 1 aromatic heterocycles. The van der Waals surface area contributed by atoms with Crippen LogP contribution in [-0.2, 0) is 4.74 Å². The molecule has 0 radical (unpaired) electrons. The molecule has 1 unspecified atom stereocenters. The minimum absolute atomic E-state index is 0.0840. The van der Waals surface area contributed by atoms with Crippen molar-refractivity contribution in [1.82, 2.24) is 9.88 Å². The largest absolute Gasteiger partial charge is 0.496 e. The topological polar surface area (TPSA) is 54.8 Å². The second-order valence-electron chi connectivity index (χ2n) is 8.71. The molecule has 6 heteroatoms. The summed E-state index contributed by atoms with van der Waals surface area (Å²) in [4.78, 5) is 7.11. The Morgan fingerprint density at radius 3 is 2.89 bits per heavy atom. The monoisotopic (exact) mass is 400 g/mol. The molecule has 2 bridgehead atoms. The van der Waals surface area contributed by atoms with E-state index in [0.29, 0.717) is 6.54 Å². The summed E-state index contributed by atoms with van der Waals surface area (Å²) in [6, 6.07) is 7.96. The second-order valence-corrected chi connectivity index (χ2v) is 9.60. The van der Waals surface area contributed by atoms with Gasteiger partial charge < -0.3 is 14.6 Å². The van der Waals surface area contributed by atoms with Crippen molar-refractivity contribution in [3.63, 3.8) is 0 Å². The molecule has 1 N–H and O–H groups in total. The molecule has 6 rings (SSSR count). The Morgan fingerprint density at radius 1 is 1.32 bits per heavy atom. The Morgan fingerprint density at radius 2 is 2.14 bits per heavy atom. The highest BCUT2D eigenvalue weighted by atomic mass is 32.1. The lowest BCUT2D eigenvalue weighted by atomic mass is 9.68. The van der Waals surface area contributed by atoms with Gasteiger partial charge in [0.05, 0.1) is 18.9 Å². The van der Waals surface area contributed by atoms with Crippen LogP contribution in [0.3, 0.4) is 0 Å². The molecule has 1 aromatic carbocycles. The third-order valence-electron chi connectivity index (χ3n) is 6.80. The number of nitrogens with zero attached hydrogens (tertiary/aromatic N) is 2. The number of hydrogen-bond donors (Lipinski definition) is 1. The molecule has 4 fully saturated rings. The lowest BCUT2D eigenvalue weighted by molar-refractivity contribution is -0.178. The number of aromatic nitrogens is 1. The van der Waals surface area contributed by atoms with Gasteiger partial charge in [0.1, 0.15) is 23.1 Å². The lowest BCUT2D eigenvalue weighted by Gasteiger charge is -2.49. The fraction of sp³-hybridized carbons (Fsp3) is 0.591. The molecule has 2 heterocycles. The van der Waals surface area contributed by atoms with Crippen molar-refractivity contribution >= 4 is 11.3 Å². The molecular formula is C22H28N2O3S. The summed E-state index contributed by atoms with van der Waals surface area (Å²) in [5, 5.41) is 14.2. The van der Waals surface area contributed by atoms with E-state index < -0.39 is 0 Å². The number of ether oxygens (including phenoxy) is 2. The van der Waals surface area contributed by atoms with E-state index in [2.05, 4.69) is 17.2 Å². The van der Waals surface area contributed by atoms with E-state index in [1.54, 1.807) is 18.4 Å². The van der Waals surface area contributed by atoms with Gasteiger partial charge in [0.15, 0.2) is 0 Å². The Hall–Kier alpha value is -1.47. The summed E-state index contributed by atoms with van der Waals surface area (Å²) < 4.78 is 11.7. The van der Waals surface area contributed by atoms with Crippen LogP contribution in [0.1, 0.15) is 43.7 Å². The molecule has 3 saturated carbocycles. The van der Waals surface area contributed by atoms with Crippen molar-refractivity contribution in [2.75, 3.05) is 20.2 Å². The number of morpholine rings is 1. The predicted molar refractivity (Wildman–Crippen MR) is 109 cm³/mol. The maximum atomic E-state index is 11.1. The fourth-order valence-corrected chi connectivity index (χ4v) is 6.30. The quantitative estimate of drug-likeness (QED) is 0.819. The van der Waals surface area contributed by atoms with Crippen LogP contribution in [0.25, 0.3) is 11.3 Å². The summed E-state index contributed by atoms with van der Waals surface area (Å²) in [6.45, 7) is 3.59. The van der Waals surface area contributed by atoms with Crippen molar-refractivity contribution in [3.8, 4) is 17.0 Å². The summed E-state index contributed by atoms with van der Waals surface area (Å²) >= 11 is 1.63. The standard InChI is InChI=1S/C22H28N2O3S/c1-14-11-24(21(25)22-8-7-15(9-22)10-22)12-19(27-14)20-23-17(13-28-20)16-5-3-4-6-18(16)26-2/h3-6,13-15,19,21,25H,7-12H2,1-2H3/t14-,15?,19-,21?,22?/m1/s1. The predicted octanol–water partition coefficient (Wildman–Crippen LogP) is 4.09. The summed E-state index contributed by atoms with van der Waals surface area (Å²) in [5.41, 5.74) is 2.05. The first-order valence-electron chi connectivity index (χ1n) is 10.2. The highest BCUT2D eigenvalue weighted by Gasteiger charge is 2.56. The van der Waals surface area contributed by atoms with Crippen LogP contribution in [0, 0.1) is 11.3 Å². The number of aliphatic hydroxyl groups excluding tert-OH is 1. The van der Waals surface area contributed by atoms with Crippen LogP contribution in [0.2, 0.25) is 0 Å². The first-order chi connectivity index (χ1) is 13.6. The molecule has 150 valence electrons. The first kappa shape index (κ1) is 18.6. The minimum atomic E-state index is -0.353. The van der Waals surface area contributed by atoms with Gasteiger partial charge in [-0.1, -0.05) is 12.1 Å². The first-order valence-corrected chi connectivity index (χ1v) is 11.1. The Balaban J connectivity index is 1.35. The van der Waals surface area contributed by atoms with Crippen LogP contribution in [0.15, 0.2) is 29.6 Å². The SMILES string of the molecule is COc1ccccc1-c1csc([C@H]2CN(C(O)C34CCC(C3)C4)C[C@@H](C)O2)n1. The number of methoxy groups -OCH3 is 1. The van der Waals surface area contributed by atoms with E-state index in [0.717, 1.165) is 34.5 Å². The van der Waals surface area contributed by atoms with E-state index in [1.165, 1.54) is 25.7 Å². The van der Waals surface area contributed by atoms with Crippen LogP contribution >= 0.6 is 11.3 Å². The molecular weight excluding hydrogens is 372 g/mol. The number of fused-ring (bicyclic) bond motifs is 1.